The molecule has 0 heterocycles. The minimum Gasteiger partial charge on any atom is -0.0622 e. The van der Waals surface area contributed by atoms with E-state index in [1.54, 1.807) is 0 Å². The Balaban J connectivity index is 2.12. The van der Waals surface area contributed by atoms with E-state index in [-0.39, 0.29) is 0 Å². The first-order valence-electron chi connectivity index (χ1n) is 8.95. The van der Waals surface area contributed by atoms with Crippen molar-refractivity contribution in [1.82, 2.24) is 0 Å². The summed E-state index contributed by atoms with van der Waals surface area (Å²) in [5, 5.41) is 2.72. The van der Waals surface area contributed by atoms with Crippen molar-refractivity contribution in [3.63, 3.8) is 0 Å². The van der Waals surface area contributed by atoms with Crippen LogP contribution in [0.5, 0.6) is 0 Å². The molecule has 0 saturated heterocycles. The molecule has 0 amide bonds. The predicted octanol–water partition coefficient (Wildman–Crippen LogP) is 7.04. The van der Waals surface area contributed by atoms with E-state index in [2.05, 4.69) is 98.8 Å². The number of aryl methyl sites for hydroxylation is 2. The lowest BCUT2D eigenvalue weighted by molar-refractivity contribution is 1.16. The lowest BCUT2D eigenvalue weighted by atomic mass is 9.87. The fourth-order valence-electron chi connectivity index (χ4n) is 3.71. The van der Waals surface area contributed by atoms with Crippen molar-refractivity contribution in [2.24, 2.45) is 0 Å². The first-order chi connectivity index (χ1) is 12.3. The zero-order valence-corrected chi connectivity index (χ0v) is 14.8. The summed E-state index contributed by atoms with van der Waals surface area (Å²) in [6.45, 7) is 4.43. The van der Waals surface area contributed by atoms with Crippen molar-refractivity contribution in [3.8, 4) is 22.3 Å². The van der Waals surface area contributed by atoms with Gasteiger partial charge in [-0.15, -0.1) is 0 Å². The molecule has 4 aromatic carbocycles. The van der Waals surface area contributed by atoms with Crippen LogP contribution in [0.25, 0.3) is 33.0 Å². The summed E-state index contributed by atoms with van der Waals surface area (Å²) < 4.78 is 0. The van der Waals surface area contributed by atoms with Crippen LogP contribution in [0, 0.1) is 6.92 Å². The number of fused-ring (bicyclic) bond motifs is 1. The minimum atomic E-state index is 1.03. The van der Waals surface area contributed by atoms with E-state index in [4.69, 9.17) is 0 Å². The van der Waals surface area contributed by atoms with Crippen LogP contribution in [0.1, 0.15) is 18.1 Å². The summed E-state index contributed by atoms with van der Waals surface area (Å²) in [5.41, 5.74) is 7.97. The Morgan fingerprint density at radius 3 is 1.80 bits per heavy atom. The molecule has 0 aliphatic carbocycles. The smallest absolute Gasteiger partial charge is 0.00990 e. The normalized spacial score (nSPS) is 11.0. The molecular weight excluding hydrogens is 300 g/mol. The highest BCUT2D eigenvalue weighted by Gasteiger charge is 2.13. The number of hydrogen-bond acceptors (Lipinski definition) is 0. The van der Waals surface area contributed by atoms with Gasteiger partial charge in [0.1, 0.15) is 0 Å². The van der Waals surface area contributed by atoms with Gasteiger partial charge in [0, 0.05) is 0 Å². The first-order valence-corrected chi connectivity index (χ1v) is 8.95. The SMILES string of the molecule is CCc1c(-c2ccccc2)cc(-c2ccccc2)c2ccc(C)cc12. The van der Waals surface area contributed by atoms with Crippen LogP contribution in [-0.4, -0.2) is 0 Å². The fraction of sp³-hybridized carbons (Fsp3) is 0.120. The van der Waals surface area contributed by atoms with Gasteiger partial charge in [-0.05, 0) is 58.0 Å². The van der Waals surface area contributed by atoms with Crippen molar-refractivity contribution in [1.29, 1.82) is 0 Å². The van der Waals surface area contributed by atoms with Crippen LogP contribution in [0.3, 0.4) is 0 Å². The van der Waals surface area contributed by atoms with Gasteiger partial charge in [-0.25, -0.2) is 0 Å². The Morgan fingerprint density at radius 2 is 1.20 bits per heavy atom. The second-order valence-corrected chi connectivity index (χ2v) is 6.58. The number of rotatable bonds is 3. The molecule has 25 heavy (non-hydrogen) atoms. The molecule has 0 atom stereocenters. The fourth-order valence-corrected chi connectivity index (χ4v) is 3.71. The third-order valence-corrected chi connectivity index (χ3v) is 4.93. The van der Waals surface area contributed by atoms with Gasteiger partial charge in [-0.2, -0.15) is 0 Å². The molecular formula is C25H22. The zero-order chi connectivity index (χ0) is 17.2. The summed E-state index contributed by atoms with van der Waals surface area (Å²) in [5.74, 6) is 0. The highest BCUT2D eigenvalue weighted by molar-refractivity contribution is 6.03. The van der Waals surface area contributed by atoms with Crippen LogP contribution in [0.4, 0.5) is 0 Å². The lowest BCUT2D eigenvalue weighted by Crippen LogP contribution is -1.94. The van der Waals surface area contributed by atoms with Gasteiger partial charge in [0.25, 0.3) is 0 Å². The number of hydrogen-bond donors (Lipinski definition) is 0. The van der Waals surface area contributed by atoms with Gasteiger partial charge < -0.3 is 0 Å². The van der Waals surface area contributed by atoms with Crippen LogP contribution < -0.4 is 0 Å². The van der Waals surface area contributed by atoms with Gasteiger partial charge in [0.2, 0.25) is 0 Å². The van der Waals surface area contributed by atoms with Crippen molar-refractivity contribution < 1.29 is 0 Å². The van der Waals surface area contributed by atoms with E-state index in [0.29, 0.717) is 0 Å². The standard InChI is InChI=1S/C25H22/c1-3-21-23(19-10-6-4-7-11-19)17-24(20-12-8-5-9-13-20)22-15-14-18(2)16-25(21)22/h4-17H,3H2,1-2H3. The summed E-state index contributed by atoms with van der Waals surface area (Å²) >= 11 is 0. The second-order valence-electron chi connectivity index (χ2n) is 6.58. The monoisotopic (exact) mass is 322 g/mol. The number of benzene rings is 4. The highest BCUT2D eigenvalue weighted by atomic mass is 14.2. The molecule has 0 nitrogen and oxygen atoms in total. The third kappa shape index (κ3) is 2.85. The largest absolute Gasteiger partial charge is 0.0622 e. The molecule has 0 bridgehead atoms. The Labute approximate surface area is 149 Å². The molecule has 0 aromatic heterocycles. The Hall–Kier alpha value is -2.86. The van der Waals surface area contributed by atoms with Crippen LogP contribution in [0.15, 0.2) is 84.9 Å². The molecule has 0 heteroatoms. The van der Waals surface area contributed by atoms with Gasteiger partial charge >= 0.3 is 0 Å². The van der Waals surface area contributed by atoms with E-state index in [0.717, 1.165) is 6.42 Å². The Bertz CT molecular complexity index is 1010. The second kappa shape index (κ2) is 6.57. The van der Waals surface area contributed by atoms with Crippen molar-refractivity contribution in [2.75, 3.05) is 0 Å². The van der Waals surface area contributed by atoms with Gasteiger partial charge in [0.15, 0.2) is 0 Å². The Morgan fingerprint density at radius 1 is 0.600 bits per heavy atom. The summed E-state index contributed by atoms with van der Waals surface area (Å²) in [7, 11) is 0. The topological polar surface area (TPSA) is 0 Å². The maximum Gasteiger partial charge on any atom is -0.00990 e. The van der Waals surface area contributed by atoms with Crippen molar-refractivity contribution in [3.05, 3.63) is 96.1 Å². The maximum atomic E-state index is 2.38. The van der Waals surface area contributed by atoms with Gasteiger partial charge in [-0.3, -0.25) is 0 Å². The van der Waals surface area contributed by atoms with Crippen molar-refractivity contribution >= 4 is 10.8 Å². The maximum absolute atomic E-state index is 2.38. The third-order valence-electron chi connectivity index (χ3n) is 4.93. The Kier molecular flexibility index (Phi) is 4.11. The van der Waals surface area contributed by atoms with Crippen LogP contribution in [0.2, 0.25) is 0 Å². The first kappa shape index (κ1) is 15.7. The molecule has 0 saturated carbocycles. The van der Waals surface area contributed by atoms with Crippen LogP contribution in [-0.2, 0) is 6.42 Å². The lowest BCUT2D eigenvalue weighted by Gasteiger charge is -2.17. The summed E-state index contributed by atoms with van der Waals surface area (Å²) in [6, 6.07) is 30.7. The molecule has 0 unspecified atom stereocenters. The van der Waals surface area contributed by atoms with E-state index in [9.17, 15) is 0 Å². The van der Waals surface area contributed by atoms with E-state index in [1.807, 2.05) is 0 Å². The van der Waals surface area contributed by atoms with E-state index in [1.165, 1.54) is 44.2 Å². The quantitative estimate of drug-likeness (QED) is 0.379. The molecule has 4 rings (SSSR count). The molecule has 122 valence electrons. The average molecular weight is 322 g/mol. The predicted molar refractivity (Wildman–Crippen MR) is 109 cm³/mol. The molecule has 0 spiro atoms. The molecule has 0 fully saturated rings. The molecule has 0 aliphatic rings. The summed E-state index contributed by atoms with van der Waals surface area (Å²) in [6.07, 6.45) is 1.03. The molecule has 0 N–H and O–H groups in total. The zero-order valence-electron chi connectivity index (χ0n) is 14.8. The van der Waals surface area contributed by atoms with Crippen molar-refractivity contribution in [2.45, 2.75) is 20.3 Å². The van der Waals surface area contributed by atoms with Gasteiger partial charge in [0.05, 0.1) is 0 Å². The highest BCUT2D eigenvalue weighted by Crippen LogP contribution is 2.38. The van der Waals surface area contributed by atoms with Crippen LogP contribution >= 0.6 is 0 Å². The summed E-state index contributed by atoms with van der Waals surface area (Å²) in [4.78, 5) is 0. The van der Waals surface area contributed by atoms with Gasteiger partial charge in [-0.1, -0.05) is 91.3 Å². The van der Waals surface area contributed by atoms with E-state index >= 15 is 0 Å². The molecule has 0 radical (unpaired) electrons. The average Bonchev–Trinajstić information content (AvgIpc) is 2.68. The van der Waals surface area contributed by atoms with E-state index < -0.39 is 0 Å². The minimum absolute atomic E-state index is 1.03. The molecule has 4 aromatic rings. The molecule has 0 aliphatic heterocycles.